The molecule has 2 fully saturated rings. The largest absolute Gasteiger partial charge is 0.337 e. The third-order valence-electron chi connectivity index (χ3n) is 6.27. The molecule has 32 heavy (non-hydrogen) atoms. The molecule has 2 aliphatic rings. The van der Waals surface area contributed by atoms with E-state index in [4.69, 9.17) is 0 Å². The Morgan fingerprint density at radius 1 is 1.00 bits per heavy atom. The Morgan fingerprint density at radius 2 is 1.62 bits per heavy atom. The quantitative estimate of drug-likeness (QED) is 0.663. The third-order valence-corrected chi connectivity index (χ3v) is 6.93. The Morgan fingerprint density at radius 3 is 2.25 bits per heavy atom. The second-order valence-corrected chi connectivity index (χ2v) is 9.23. The van der Waals surface area contributed by atoms with Gasteiger partial charge >= 0.3 is 6.03 Å². The molecular formula is C23H30FN5O2S. The number of nitrogens with one attached hydrogen (secondary N) is 2. The van der Waals surface area contributed by atoms with Crippen LogP contribution in [0.3, 0.4) is 0 Å². The lowest BCUT2D eigenvalue weighted by atomic mass is 9.96. The normalized spacial score (nSPS) is 17.9. The first kappa shape index (κ1) is 22.6. The van der Waals surface area contributed by atoms with Gasteiger partial charge in [-0.1, -0.05) is 31.0 Å². The standard InChI is InChI=1S/C23H30FN5O2S/c1-32-23-25-15-20(29(23)19-9-7-16(24)8-10-19)21(30)28-13-11-18(12-14-28)27-22(31)26-17-5-3-2-4-6-17/h7-10,15,17-18H,2-6,11-14H2,1H3,(H2,26,27,31). The van der Waals surface area contributed by atoms with Gasteiger partial charge in [0, 0.05) is 30.9 Å². The SMILES string of the molecule is CSc1ncc(C(=O)N2CCC(NC(=O)NC3CCCCC3)CC2)n1-c1ccc(F)cc1. The van der Waals surface area contributed by atoms with Crippen LogP contribution >= 0.6 is 11.8 Å². The van der Waals surface area contributed by atoms with Crippen LogP contribution in [0.25, 0.3) is 5.69 Å². The zero-order valence-electron chi connectivity index (χ0n) is 18.3. The summed E-state index contributed by atoms with van der Waals surface area (Å²) in [5.41, 5.74) is 1.16. The van der Waals surface area contributed by atoms with Crippen LogP contribution in [-0.4, -0.2) is 57.8 Å². The molecule has 0 spiro atoms. The fourth-order valence-corrected chi connectivity index (χ4v) is 5.06. The molecule has 0 radical (unpaired) electrons. The Bertz CT molecular complexity index is 934. The van der Waals surface area contributed by atoms with Crippen LogP contribution in [0.4, 0.5) is 9.18 Å². The van der Waals surface area contributed by atoms with Crippen LogP contribution in [0.1, 0.15) is 55.4 Å². The summed E-state index contributed by atoms with van der Waals surface area (Å²) in [7, 11) is 0. The molecule has 0 unspecified atom stereocenters. The number of thioether (sulfide) groups is 1. The molecule has 3 amide bonds. The van der Waals surface area contributed by atoms with E-state index in [0.717, 1.165) is 12.8 Å². The molecule has 0 bridgehead atoms. The van der Waals surface area contributed by atoms with Crippen LogP contribution in [0.5, 0.6) is 0 Å². The first-order valence-corrected chi connectivity index (χ1v) is 12.5. The number of halogens is 1. The number of piperidine rings is 1. The number of imidazole rings is 1. The van der Waals surface area contributed by atoms with Crippen molar-refractivity contribution in [1.29, 1.82) is 0 Å². The maximum Gasteiger partial charge on any atom is 0.315 e. The fourth-order valence-electron chi connectivity index (χ4n) is 4.52. The van der Waals surface area contributed by atoms with Gasteiger partial charge in [-0.25, -0.2) is 14.2 Å². The number of likely N-dealkylation sites (tertiary alicyclic amines) is 1. The molecule has 0 atom stereocenters. The van der Waals surface area contributed by atoms with Crippen molar-refractivity contribution in [3.8, 4) is 5.69 Å². The molecular weight excluding hydrogens is 429 g/mol. The van der Waals surface area contributed by atoms with Gasteiger partial charge < -0.3 is 15.5 Å². The molecule has 1 aromatic heterocycles. The average molecular weight is 460 g/mol. The minimum atomic E-state index is -0.325. The average Bonchev–Trinajstić information content (AvgIpc) is 3.24. The van der Waals surface area contributed by atoms with Gasteiger partial charge in [-0.2, -0.15) is 0 Å². The Labute approximate surface area is 192 Å². The van der Waals surface area contributed by atoms with Gasteiger partial charge in [0.25, 0.3) is 5.91 Å². The molecule has 2 N–H and O–H groups in total. The number of urea groups is 1. The van der Waals surface area contributed by atoms with E-state index in [-0.39, 0.29) is 29.8 Å². The van der Waals surface area contributed by atoms with Gasteiger partial charge in [0.15, 0.2) is 5.16 Å². The second-order valence-electron chi connectivity index (χ2n) is 8.46. The lowest BCUT2D eigenvalue weighted by Crippen LogP contribution is -2.51. The predicted octanol–water partition coefficient (Wildman–Crippen LogP) is 3.97. The van der Waals surface area contributed by atoms with E-state index < -0.39 is 0 Å². The van der Waals surface area contributed by atoms with E-state index in [0.29, 0.717) is 42.5 Å². The van der Waals surface area contributed by atoms with Crippen molar-refractivity contribution in [3.05, 3.63) is 42.0 Å². The first-order valence-electron chi connectivity index (χ1n) is 11.3. The molecule has 172 valence electrons. The number of hydrogen-bond acceptors (Lipinski definition) is 4. The molecule has 2 heterocycles. The maximum atomic E-state index is 13.4. The summed E-state index contributed by atoms with van der Waals surface area (Å²) in [5, 5.41) is 6.85. The van der Waals surface area contributed by atoms with Crippen molar-refractivity contribution < 1.29 is 14.0 Å². The lowest BCUT2D eigenvalue weighted by Gasteiger charge is -2.33. The Kier molecular flexibility index (Phi) is 7.34. The number of rotatable bonds is 5. The minimum absolute atomic E-state index is 0.0615. The summed E-state index contributed by atoms with van der Waals surface area (Å²) in [5.74, 6) is -0.429. The van der Waals surface area contributed by atoms with Crippen molar-refractivity contribution in [3.63, 3.8) is 0 Å². The van der Waals surface area contributed by atoms with Crippen LogP contribution in [0.15, 0.2) is 35.6 Å². The van der Waals surface area contributed by atoms with Gasteiger partial charge in [-0.15, -0.1) is 0 Å². The number of carbonyl (C=O) groups excluding carboxylic acids is 2. The Balaban J connectivity index is 1.36. The highest BCUT2D eigenvalue weighted by molar-refractivity contribution is 7.98. The summed E-state index contributed by atoms with van der Waals surface area (Å²) < 4.78 is 15.2. The van der Waals surface area contributed by atoms with Crippen molar-refractivity contribution in [2.45, 2.75) is 62.2 Å². The van der Waals surface area contributed by atoms with E-state index in [1.807, 2.05) is 6.26 Å². The number of amides is 3. The first-order chi connectivity index (χ1) is 15.5. The molecule has 1 saturated heterocycles. The topological polar surface area (TPSA) is 79.3 Å². The van der Waals surface area contributed by atoms with E-state index in [2.05, 4.69) is 15.6 Å². The number of carbonyl (C=O) groups is 2. The molecule has 2 aromatic rings. The molecule has 1 aliphatic carbocycles. The summed E-state index contributed by atoms with van der Waals surface area (Å²) in [6.07, 6.45) is 10.6. The predicted molar refractivity (Wildman–Crippen MR) is 123 cm³/mol. The minimum Gasteiger partial charge on any atom is -0.337 e. The second kappa shape index (κ2) is 10.4. The van der Waals surface area contributed by atoms with E-state index in [1.165, 1.54) is 43.2 Å². The summed E-state index contributed by atoms with van der Waals surface area (Å²) in [4.78, 5) is 31.8. The van der Waals surface area contributed by atoms with E-state index in [1.54, 1.807) is 27.8 Å². The highest BCUT2D eigenvalue weighted by Crippen LogP contribution is 2.24. The van der Waals surface area contributed by atoms with Gasteiger partial charge in [0.2, 0.25) is 0 Å². The van der Waals surface area contributed by atoms with Crippen molar-refractivity contribution in [2.75, 3.05) is 19.3 Å². The number of hydrogen-bond donors (Lipinski definition) is 2. The molecule has 7 nitrogen and oxygen atoms in total. The number of aromatic nitrogens is 2. The van der Waals surface area contributed by atoms with Gasteiger partial charge in [-0.05, 0) is 56.2 Å². The summed E-state index contributed by atoms with van der Waals surface area (Å²) in [6.45, 7) is 1.13. The van der Waals surface area contributed by atoms with Crippen LogP contribution in [-0.2, 0) is 0 Å². The van der Waals surface area contributed by atoms with E-state index >= 15 is 0 Å². The number of benzene rings is 1. The summed E-state index contributed by atoms with van der Waals surface area (Å²) in [6, 6.07) is 6.30. The lowest BCUT2D eigenvalue weighted by molar-refractivity contribution is 0.0699. The monoisotopic (exact) mass is 459 g/mol. The summed E-state index contributed by atoms with van der Waals surface area (Å²) >= 11 is 1.43. The van der Waals surface area contributed by atoms with Gasteiger partial charge in [-0.3, -0.25) is 9.36 Å². The van der Waals surface area contributed by atoms with E-state index in [9.17, 15) is 14.0 Å². The highest BCUT2D eigenvalue weighted by Gasteiger charge is 2.28. The van der Waals surface area contributed by atoms with Crippen LogP contribution in [0, 0.1) is 5.82 Å². The molecule has 4 rings (SSSR count). The molecule has 1 saturated carbocycles. The van der Waals surface area contributed by atoms with Crippen molar-refractivity contribution in [1.82, 2.24) is 25.1 Å². The van der Waals surface area contributed by atoms with Crippen molar-refractivity contribution in [2.24, 2.45) is 0 Å². The zero-order valence-corrected chi connectivity index (χ0v) is 19.2. The maximum absolute atomic E-state index is 13.4. The van der Waals surface area contributed by atoms with Crippen molar-refractivity contribution >= 4 is 23.7 Å². The molecule has 1 aromatic carbocycles. The fraction of sp³-hybridized carbons (Fsp3) is 0.522. The Hall–Kier alpha value is -2.55. The van der Waals surface area contributed by atoms with Gasteiger partial charge in [0.1, 0.15) is 11.5 Å². The zero-order chi connectivity index (χ0) is 22.5. The molecule has 9 heteroatoms. The highest BCUT2D eigenvalue weighted by atomic mass is 32.2. The van der Waals surface area contributed by atoms with Crippen LogP contribution < -0.4 is 10.6 Å². The third kappa shape index (κ3) is 5.26. The molecule has 1 aliphatic heterocycles. The number of nitrogens with zero attached hydrogens (tertiary/aromatic N) is 3. The van der Waals surface area contributed by atoms with Crippen LogP contribution in [0.2, 0.25) is 0 Å². The van der Waals surface area contributed by atoms with Gasteiger partial charge in [0.05, 0.1) is 6.20 Å². The smallest absolute Gasteiger partial charge is 0.315 e.